The maximum atomic E-state index is 12.4. The van der Waals surface area contributed by atoms with Crippen LogP contribution in [0.5, 0.6) is 0 Å². The van der Waals surface area contributed by atoms with Crippen molar-refractivity contribution in [3.63, 3.8) is 0 Å². The number of anilines is 1. The van der Waals surface area contributed by atoms with Crippen molar-refractivity contribution in [1.82, 2.24) is 4.90 Å². The Morgan fingerprint density at radius 3 is 2.67 bits per heavy atom. The second kappa shape index (κ2) is 7.47. The number of amides is 2. The second-order valence-corrected chi connectivity index (χ2v) is 6.25. The Morgan fingerprint density at radius 2 is 2.05 bits per heavy atom. The van der Waals surface area contributed by atoms with Crippen LogP contribution >= 0.6 is 11.8 Å². The highest BCUT2D eigenvalue weighted by Gasteiger charge is 2.19. The zero-order valence-corrected chi connectivity index (χ0v) is 13.0. The van der Waals surface area contributed by atoms with E-state index in [2.05, 4.69) is 5.32 Å². The van der Waals surface area contributed by atoms with Gasteiger partial charge in [0.15, 0.2) is 0 Å². The molecule has 1 aromatic carbocycles. The van der Waals surface area contributed by atoms with Gasteiger partial charge in [0.05, 0.1) is 0 Å². The number of hydrogen-bond donors (Lipinski definition) is 2. The molecule has 0 radical (unpaired) electrons. The normalized spacial score (nSPS) is 14.9. The molecule has 1 heterocycles. The smallest absolute Gasteiger partial charge is 0.253 e. The summed E-state index contributed by atoms with van der Waals surface area (Å²) >= 11 is 1.88. The Hall–Kier alpha value is -1.53. The van der Waals surface area contributed by atoms with Gasteiger partial charge in [-0.3, -0.25) is 9.59 Å². The fourth-order valence-electron chi connectivity index (χ4n) is 2.23. The van der Waals surface area contributed by atoms with Crippen molar-refractivity contribution < 1.29 is 9.59 Å². The predicted molar refractivity (Wildman–Crippen MR) is 86.7 cm³/mol. The highest BCUT2D eigenvalue weighted by molar-refractivity contribution is 7.99. The van der Waals surface area contributed by atoms with E-state index in [1.54, 1.807) is 12.1 Å². The topological polar surface area (TPSA) is 75.4 Å². The Labute approximate surface area is 129 Å². The Balaban J connectivity index is 2.07. The van der Waals surface area contributed by atoms with E-state index >= 15 is 0 Å². The number of carbonyl (C=O) groups excluding carboxylic acids is 2. The van der Waals surface area contributed by atoms with Crippen molar-refractivity contribution in [2.24, 2.45) is 5.73 Å². The maximum absolute atomic E-state index is 12.4. The van der Waals surface area contributed by atoms with Crippen molar-refractivity contribution in [1.29, 1.82) is 0 Å². The summed E-state index contributed by atoms with van der Waals surface area (Å²) in [5.74, 6) is 1.96. The van der Waals surface area contributed by atoms with Crippen molar-refractivity contribution in [3.05, 3.63) is 29.3 Å². The van der Waals surface area contributed by atoms with E-state index in [0.29, 0.717) is 18.5 Å². The van der Waals surface area contributed by atoms with Crippen molar-refractivity contribution in [2.75, 3.05) is 36.5 Å². The summed E-state index contributed by atoms with van der Waals surface area (Å²) in [6, 6.07) is 5.40. The lowest BCUT2D eigenvalue weighted by atomic mass is 10.1. The van der Waals surface area contributed by atoms with Crippen LogP contribution in [-0.2, 0) is 4.79 Å². The highest BCUT2D eigenvalue weighted by atomic mass is 32.2. The molecule has 0 atom stereocenters. The third kappa shape index (κ3) is 4.22. The van der Waals surface area contributed by atoms with Crippen LogP contribution in [0.25, 0.3) is 0 Å². The molecule has 0 aliphatic carbocycles. The number of hydrogen-bond acceptors (Lipinski definition) is 4. The highest BCUT2D eigenvalue weighted by Crippen LogP contribution is 2.19. The molecule has 6 heteroatoms. The zero-order valence-electron chi connectivity index (χ0n) is 12.2. The molecule has 1 saturated heterocycles. The Kier molecular flexibility index (Phi) is 5.64. The number of carbonyl (C=O) groups is 2. The third-order valence-corrected chi connectivity index (χ3v) is 4.36. The molecule has 1 fully saturated rings. The predicted octanol–water partition coefficient (Wildman–Crippen LogP) is 1.47. The van der Waals surface area contributed by atoms with Gasteiger partial charge in [-0.15, -0.1) is 0 Å². The van der Waals surface area contributed by atoms with Crippen LogP contribution in [0.2, 0.25) is 0 Å². The van der Waals surface area contributed by atoms with E-state index in [4.69, 9.17) is 5.73 Å². The minimum Gasteiger partial charge on any atom is -0.337 e. The second-order valence-electron chi connectivity index (χ2n) is 5.02. The van der Waals surface area contributed by atoms with Gasteiger partial charge >= 0.3 is 0 Å². The van der Waals surface area contributed by atoms with Crippen LogP contribution in [0.1, 0.15) is 22.3 Å². The molecular weight excluding hydrogens is 286 g/mol. The van der Waals surface area contributed by atoms with E-state index in [1.165, 1.54) is 0 Å². The van der Waals surface area contributed by atoms with E-state index < -0.39 is 0 Å². The molecule has 21 heavy (non-hydrogen) atoms. The first-order valence-electron chi connectivity index (χ1n) is 7.09. The lowest BCUT2D eigenvalue weighted by Gasteiger charge is -2.26. The van der Waals surface area contributed by atoms with Gasteiger partial charge in [-0.25, -0.2) is 0 Å². The average Bonchev–Trinajstić information content (AvgIpc) is 2.50. The largest absolute Gasteiger partial charge is 0.337 e. The number of benzene rings is 1. The molecule has 114 valence electrons. The number of nitrogens with one attached hydrogen (secondary N) is 1. The van der Waals surface area contributed by atoms with Crippen LogP contribution < -0.4 is 11.1 Å². The van der Waals surface area contributed by atoms with Gasteiger partial charge in [-0.05, 0) is 30.7 Å². The number of nitrogens with zero attached hydrogens (tertiary/aromatic N) is 1. The maximum Gasteiger partial charge on any atom is 0.253 e. The van der Waals surface area contributed by atoms with Gasteiger partial charge in [0.2, 0.25) is 5.91 Å². The first-order valence-corrected chi connectivity index (χ1v) is 8.25. The van der Waals surface area contributed by atoms with Gasteiger partial charge in [-0.2, -0.15) is 11.8 Å². The van der Waals surface area contributed by atoms with Crippen LogP contribution in [0.4, 0.5) is 5.69 Å². The molecule has 5 nitrogen and oxygen atoms in total. The van der Waals surface area contributed by atoms with Gasteiger partial charge in [0.25, 0.3) is 5.91 Å². The Bertz CT molecular complexity index is 528. The van der Waals surface area contributed by atoms with Gasteiger partial charge in [0.1, 0.15) is 0 Å². The van der Waals surface area contributed by atoms with Crippen molar-refractivity contribution in [3.8, 4) is 0 Å². The number of nitrogens with two attached hydrogens (primary N) is 1. The molecule has 0 unspecified atom stereocenters. The van der Waals surface area contributed by atoms with Crippen LogP contribution in [-0.4, -0.2) is 47.9 Å². The SMILES string of the molecule is Cc1cc(C(=O)N2CCSCC2)ccc1NC(=O)CCN. The first-order chi connectivity index (χ1) is 10.1. The third-order valence-electron chi connectivity index (χ3n) is 3.42. The zero-order chi connectivity index (χ0) is 15.2. The fourth-order valence-corrected chi connectivity index (χ4v) is 3.13. The number of rotatable bonds is 4. The number of thioether (sulfide) groups is 1. The van der Waals surface area contributed by atoms with Gasteiger partial charge < -0.3 is 16.0 Å². The van der Waals surface area contributed by atoms with Crippen molar-refractivity contribution in [2.45, 2.75) is 13.3 Å². The molecule has 3 N–H and O–H groups in total. The van der Waals surface area contributed by atoms with E-state index in [0.717, 1.165) is 35.8 Å². The van der Waals surface area contributed by atoms with E-state index in [9.17, 15) is 9.59 Å². The minimum atomic E-state index is -0.104. The quantitative estimate of drug-likeness (QED) is 0.883. The molecule has 2 rings (SSSR count). The summed E-state index contributed by atoms with van der Waals surface area (Å²) in [5.41, 5.74) is 7.65. The standard InChI is InChI=1S/C15H21N3O2S/c1-11-10-12(15(20)18-6-8-21-9-7-18)2-3-13(11)17-14(19)4-5-16/h2-3,10H,4-9,16H2,1H3,(H,17,19). The monoisotopic (exact) mass is 307 g/mol. The van der Waals surface area contributed by atoms with E-state index in [1.807, 2.05) is 29.7 Å². The minimum absolute atomic E-state index is 0.0678. The summed E-state index contributed by atoms with van der Waals surface area (Å²) in [6.07, 6.45) is 0.297. The molecule has 0 spiro atoms. The first kappa shape index (κ1) is 15.9. The molecule has 1 aromatic rings. The van der Waals surface area contributed by atoms with Crippen LogP contribution in [0.15, 0.2) is 18.2 Å². The fraction of sp³-hybridized carbons (Fsp3) is 0.467. The molecule has 0 aromatic heterocycles. The summed E-state index contributed by atoms with van der Waals surface area (Å²) in [6.45, 7) is 3.82. The lowest BCUT2D eigenvalue weighted by molar-refractivity contribution is -0.116. The molecule has 0 saturated carbocycles. The molecule has 2 amide bonds. The summed E-state index contributed by atoms with van der Waals surface area (Å²) < 4.78 is 0. The molecular formula is C15H21N3O2S. The molecule has 0 bridgehead atoms. The van der Waals surface area contributed by atoms with Gasteiger partial charge in [-0.1, -0.05) is 0 Å². The van der Waals surface area contributed by atoms with Crippen LogP contribution in [0, 0.1) is 6.92 Å². The average molecular weight is 307 g/mol. The molecule has 1 aliphatic heterocycles. The summed E-state index contributed by atoms with van der Waals surface area (Å²) in [5, 5.41) is 2.81. The lowest BCUT2D eigenvalue weighted by Crippen LogP contribution is -2.37. The van der Waals surface area contributed by atoms with Crippen LogP contribution in [0.3, 0.4) is 0 Å². The summed E-state index contributed by atoms with van der Waals surface area (Å²) in [7, 11) is 0. The van der Waals surface area contributed by atoms with Gasteiger partial charge in [0, 0.05) is 48.8 Å². The Morgan fingerprint density at radius 1 is 1.33 bits per heavy atom. The van der Waals surface area contributed by atoms with Crippen molar-refractivity contribution >= 4 is 29.3 Å². The van der Waals surface area contributed by atoms with E-state index in [-0.39, 0.29) is 11.8 Å². The summed E-state index contributed by atoms with van der Waals surface area (Å²) in [4.78, 5) is 25.8. The number of aryl methyl sites for hydroxylation is 1. The molecule has 1 aliphatic rings.